The standard InChI is InChI=1S/C25H27F3N6O/c1-13-20-8-18(26)4-5-19(20)22(30)16(11-34-25(27)28)6-15(9-29)23(32-10-14-2-3-14)17-7-21(35-13)24(31)33-12-17/h4-5,7-9,11-14,25H,2-3,6,10,29-30H2,1H3,(H2,31,33). The second-order valence-electron chi connectivity index (χ2n) is 8.60. The van der Waals surface area contributed by atoms with Gasteiger partial charge in [0.15, 0.2) is 11.6 Å². The van der Waals surface area contributed by atoms with Crippen molar-refractivity contribution in [1.82, 2.24) is 4.98 Å². The highest BCUT2D eigenvalue weighted by atomic mass is 19.3. The van der Waals surface area contributed by atoms with Gasteiger partial charge in [-0.3, -0.25) is 4.99 Å². The topological polar surface area (TPSA) is 125 Å². The second kappa shape index (κ2) is 10.2. The van der Waals surface area contributed by atoms with E-state index in [0.717, 1.165) is 19.1 Å². The Morgan fingerprint density at radius 1 is 1.23 bits per heavy atom. The average Bonchev–Trinajstić information content (AvgIpc) is 3.65. The molecule has 4 rings (SSSR count). The van der Waals surface area contributed by atoms with E-state index >= 15 is 0 Å². The molecule has 0 spiro atoms. The average molecular weight is 485 g/mol. The summed E-state index contributed by atoms with van der Waals surface area (Å²) >= 11 is 0. The SMILES string of the molecule is CC1Oc2cc(cnc2N)C(=NCC2CC2)C(=CN)CC(C=NC(F)F)=C(N)c2ccc(F)cc21. The number of aliphatic imine (C=N–C) groups is 2. The van der Waals surface area contributed by atoms with E-state index in [4.69, 9.17) is 26.9 Å². The Bertz CT molecular complexity index is 1230. The van der Waals surface area contributed by atoms with Crippen molar-refractivity contribution in [1.29, 1.82) is 0 Å². The Kier molecular flexibility index (Phi) is 7.09. The highest BCUT2D eigenvalue weighted by Crippen LogP contribution is 2.34. The van der Waals surface area contributed by atoms with Crippen LogP contribution in [0, 0.1) is 11.7 Å². The Balaban J connectivity index is 1.95. The third kappa shape index (κ3) is 5.64. The maximum Gasteiger partial charge on any atom is 0.331 e. The fraction of sp³-hybridized carbons (Fsp3) is 0.320. The van der Waals surface area contributed by atoms with Crippen LogP contribution in [-0.4, -0.2) is 30.0 Å². The summed E-state index contributed by atoms with van der Waals surface area (Å²) in [6.45, 7) is -0.626. The van der Waals surface area contributed by atoms with Gasteiger partial charge in [0, 0.05) is 47.8 Å². The molecule has 7 nitrogen and oxygen atoms in total. The molecule has 0 radical (unpaired) electrons. The minimum atomic E-state index is -2.93. The third-order valence-electron chi connectivity index (χ3n) is 5.98. The summed E-state index contributed by atoms with van der Waals surface area (Å²) in [4.78, 5) is 12.3. The zero-order valence-electron chi connectivity index (χ0n) is 19.2. The molecule has 2 aromatic rings. The van der Waals surface area contributed by atoms with Crippen molar-refractivity contribution in [2.45, 2.75) is 38.8 Å². The number of rotatable bonds is 4. The fourth-order valence-electron chi connectivity index (χ4n) is 3.90. The molecule has 1 fully saturated rings. The Morgan fingerprint density at radius 2 is 2.00 bits per heavy atom. The zero-order valence-corrected chi connectivity index (χ0v) is 19.2. The Labute approximate surface area is 201 Å². The largest absolute Gasteiger partial charge is 0.482 e. The lowest BCUT2D eigenvalue weighted by atomic mass is 9.92. The van der Waals surface area contributed by atoms with Crippen molar-refractivity contribution >= 4 is 23.4 Å². The molecule has 1 aliphatic heterocycles. The molecule has 1 aromatic carbocycles. The van der Waals surface area contributed by atoms with Crippen LogP contribution in [-0.2, 0) is 0 Å². The molecule has 1 aliphatic carbocycles. The number of fused-ring (bicyclic) bond motifs is 3. The summed E-state index contributed by atoms with van der Waals surface area (Å²) in [6.07, 6.45) is 5.51. The van der Waals surface area contributed by atoms with Gasteiger partial charge in [-0.05, 0) is 67.3 Å². The zero-order chi connectivity index (χ0) is 25.1. The maximum absolute atomic E-state index is 14.2. The number of benzene rings is 1. The van der Waals surface area contributed by atoms with Gasteiger partial charge in [-0.25, -0.2) is 14.4 Å². The third-order valence-corrected chi connectivity index (χ3v) is 5.98. The summed E-state index contributed by atoms with van der Waals surface area (Å²) in [5, 5.41) is 0. The predicted octanol–water partition coefficient (Wildman–Crippen LogP) is 4.35. The number of aromatic nitrogens is 1. The molecular weight excluding hydrogens is 457 g/mol. The highest BCUT2D eigenvalue weighted by Gasteiger charge is 2.24. The van der Waals surface area contributed by atoms with Crippen LogP contribution in [0.3, 0.4) is 0 Å². The molecule has 2 aliphatic rings. The molecule has 0 saturated heterocycles. The van der Waals surface area contributed by atoms with Gasteiger partial charge in [-0.2, -0.15) is 8.78 Å². The van der Waals surface area contributed by atoms with Crippen LogP contribution < -0.4 is 21.9 Å². The van der Waals surface area contributed by atoms with Crippen molar-refractivity contribution in [2.24, 2.45) is 27.4 Å². The molecule has 1 unspecified atom stereocenters. The number of alkyl halides is 2. The number of hydrogen-bond donors (Lipinski definition) is 3. The molecule has 0 amide bonds. The van der Waals surface area contributed by atoms with Crippen LogP contribution in [0.2, 0.25) is 0 Å². The number of hydrogen-bond acceptors (Lipinski definition) is 7. The van der Waals surface area contributed by atoms with E-state index in [1.165, 1.54) is 24.4 Å². The van der Waals surface area contributed by atoms with Gasteiger partial charge < -0.3 is 21.9 Å². The minimum absolute atomic E-state index is 0.0633. The van der Waals surface area contributed by atoms with E-state index < -0.39 is 18.5 Å². The molecule has 1 atom stereocenters. The van der Waals surface area contributed by atoms with E-state index in [1.54, 1.807) is 19.2 Å². The van der Waals surface area contributed by atoms with Crippen LogP contribution in [0.5, 0.6) is 5.75 Å². The lowest BCUT2D eigenvalue weighted by Crippen LogP contribution is -2.17. The number of nitrogen functional groups attached to an aromatic ring is 1. The normalized spacial score (nSPS) is 21.2. The molecule has 184 valence electrons. The van der Waals surface area contributed by atoms with Gasteiger partial charge in [-0.15, -0.1) is 0 Å². The van der Waals surface area contributed by atoms with Crippen molar-refractivity contribution < 1.29 is 17.9 Å². The van der Waals surface area contributed by atoms with Gasteiger partial charge in [0.1, 0.15) is 11.9 Å². The number of nitrogens with two attached hydrogens (primary N) is 3. The van der Waals surface area contributed by atoms with E-state index in [1.807, 2.05) is 0 Å². The molecule has 35 heavy (non-hydrogen) atoms. The van der Waals surface area contributed by atoms with E-state index in [2.05, 4.69) is 9.98 Å². The molecule has 2 bridgehead atoms. The number of pyridine rings is 1. The Hall–Kier alpha value is -3.82. The molecule has 10 heteroatoms. The summed E-state index contributed by atoms with van der Waals surface area (Å²) in [6, 6.07) is 5.71. The number of nitrogens with zero attached hydrogens (tertiary/aromatic N) is 3. The van der Waals surface area contributed by atoms with Crippen LogP contribution in [0.25, 0.3) is 5.70 Å². The summed E-state index contributed by atoms with van der Waals surface area (Å²) in [5.74, 6) is 0.438. The molecule has 1 aromatic heterocycles. The van der Waals surface area contributed by atoms with Crippen LogP contribution in [0.15, 0.2) is 57.8 Å². The number of ether oxygens (including phenoxy) is 1. The highest BCUT2D eigenvalue weighted by molar-refractivity contribution is 6.14. The smallest absolute Gasteiger partial charge is 0.331 e. The first-order chi connectivity index (χ1) is 16.8. The van der Waals surface area contributed by atoms with Crippen molar-refractivity contribution in [3.63, 3.8) is 0 Å². The lowest BCUT2D eigenvalue weighted by Gasteiger charge is -2.23. The first-order valence-electron chi connectivity index (χ1n) is 11.2. The van der Waals surface area contributed by atoms with E-state index in [-0.39, 0.29) is 23.5 Å². The van der Waals surface area contributed by atoms with E-state index in [9.17, 15) is 13.2 Å². The van der Waals surface area contributed by atoms with Crippen LogP contribution >= 0.6 is 0 Å². The van der Waals surface area contributed by atoms with E-state index in [0.29, 0.717) is 46.2 Å². The maximum atomic E-state index is 14.2. The summed E-state index contributed by atoms with van der Waals surface area (Å²) in [5.41, 5.74) is 21.5. The van der Waals surface area contributed by atoms with Crippen LogP contribution in [0.1, 0.15) is 49.0 Å². The van der Waals surface area contributed by atoms with Crippen molar-refractivity contribution in [3.05, 3.63) is 70.3 Å². The number of halogens is 3. The monoisotopic (exact) mass is 484 g/mol. The van der Waals surface area contributed by atoms with Gasteiger partial charge >= 0.3 is 6.55 Å². The Morgan fingerprint density at radius 3 is 2.69 bits per heavy atom. The predicted molar refractivity (Wildman–Crippen MR) is 131 cm³/mol. The molecule has 2 heterocycles. The molecular formula is C25H27F3N6O. The summed E-state index contributed by atoms with van der Waals surface area (Å²) in [7, 11) is 0. The van der Waals surface area contributed by atoms with Crippen LogP contribution in [0.4, 0.5) is 19.0 Å². The fourth-order valence-corrected chi connectivity index (χ4v) is 3.90. The number of anilines is 1. The second-order valence-corrected chi connectivity index (χ2v) is 8.60. The number of allylic oxidation sites excluding steroid dienone is 2. The first kappa shape index (κ1) is 24.3. The first-order valence-corrected chi connectivity index (χ1v) is 11.2. The quantitative estimate of drug-likeness (QED) is 0.440. The minimum Gasteiger partial charge on any atom is -0.482 e. The lowest BCUT2D eigenvalue weighted by molar-refractivity contribution is 0.160. The summed E-state index contributed by atoms with van der Waals surface area (Å²) < 4.78 is 46.3. The van der Waals surface area contributed by atoms with Gasteiger partial charge in [0.2, 0.25) is 0 Å². The van der Waals surface area contributed by atoms with Gasteiger partial charge in [-0.1, -0.05) is 0 Å². The van der Waals surface area contributed by atoms with Gasteiger partial charge in [0.25, 0.3) is 0 Å². The van der Waals surface area contributed by atoms with Crippen molar-refractivity contribution in [2.75, 3.05) is 12.3 Å². The van der Waals surface area contributed by atoms with Gasteiger partial charge in [0.05, 0.1) is 5.71 Å². The van der Waals surface area contributed by atoms with Crippen molar-refractivity contribution in [3.8, 4) is 5.75 Å². The molecule has 1 saturated carbocycles. The molecule has 6 N–H and O–H groups in total.